The molecule has 86 valence electrons. The molecule has 1 aliphatic rings. The molecule has 1 rings (SSSR count). The summed E-state index contributed by atoms with van der Waals surface area (Å²) >= 11 is 0. The first-order valence-corrected chi connectivity index (χ1v) is 5.71. The Morgan fingerprint density at radius 1 is 1.20 bits per heavy atom. The number of allylic oxidation sites excluding steroid dienone is 2. The smallest absolute Gasteiger partial charge is 0.157 e. The number of hydrogen-bond acceptors (Lipinski definition) is 2. The summed E-state index contributed by atoms with van der Waals surface area (Å²) in [5.41, 5.74) is 0.0771. The van der Waals surface area contributed by atoms with Crippen LogP contribution in [-0.4, -0.2) is 19.5 Å². The third-order valence-electron chi connectivity index (χ3n) is 2.83. The molecular formula is C13H22O2. The first kappa shape index (κ1) is 12.5. The van der Waals surface area contributed by atoms with Crippen molar-refractivity contribution in [3.63, 3.8) is 0 Å². The van der Waals surface area contributed by atoms with E-state index in [4.69, 9.17) is 9.47 Å². The molecule has 0 aromatic carbocycles. The molecule has 0 aliphatic carbocycles. The van der Waals surface area contributed by atoms with Crippen molar-refractivity contribution in [1.29, 1.82) is 0 Å². The summed E-state index contributed by atoms with van der Waals surface area (Å²) in [6, 6.07) is 0. The zero-order valence-corrected chi connectivity index (χ0v) is 9.71. The van der Waals surface area contributed by atoms with E-state index in [9.17, 15) is 0 Å². The van der Waals surface area contributed by atoms with Crippen molar-refractivity contribution in [2.75, 3.05) is 13.2 Å². The van der Waals surface area contributed by atoms with Gasteiger partial charge < -0.3 is 9.47 Å². The highest BCUT2D eigenvalue weighted by atomic mass is 16.7. The molecule has 1 saturated heterocycles. The van der Waals surface area contributed by atoms with Crippen molar-refractivity contribution >= 4 is 0 Å². The van der Waals surface area contributed by atoms with Crippen LogP contribution in [0.2, 0.25) is 0 Å². The Hall–Kier alpha value is -0.600. The fraction of sp³-hybridized carbons (Fsp3) is 0.692. The van der Waals surface area contributed by atoms with E-state index in [2.05, 4.69) is 20.1 Å². The first-order valence-electron chi connectivity index (χ1n) is 5.71. The molecule has 0 aromatic rings. The van der Waals surface area contributed by atoms with Crippen LogP contribution < -0.4 is 0 Å². The summed E-state index contributed by atoms with van der Waals surface area (Å²) in [6.45, 7) is 11.2. The SMILES string of the molecule is C=CCC1(CC=C)COC(CCC)OC1. The monoisotopic (exact) mass is 210 g/mol. The van der Waals surface area contributed by atoms with E-state index in [0.717, 1.165) is 38.9 Å². The zero-order valence-electron chi connectivity index (χ0n) is 9.71. The minimum atomic E-state index is -0.00208. The van der Waals surface area contributed by atoms with Gasteiger partial charge in [0.25, 0.3) is 0 Å². The van der Waals surface area contributed by atoms with E-state index in [1.807, 2.05) is 12.2 Å². The summed E-state index contributed by atoms with van der Waals surface area (Å²) < 4.78 is 11.4. The van der Waals surface area contributed by atoms with Crippen molar-refractivity contribution in [3.05, 3.63) is 25.3 Å². The molecule has 0 atom stereocenters. The molecule has 0 unspecified atom stereocenters. The Kier molecular flexibility index (Phi) is 5.06. The van der Waals surface area contributed by atoms with Gasteiger partial charge >= 0.3 is 0 Å². The molecule has 15 heavy (non-hydrogen) atoms. The second-order valence-corrected chi connectivity index (χ2v) is 4.33. The van der Waals surface area contributed by atoms with Crippen LogP contribution in [0, 0.1) is 5.41 Å². The van der Waals surface area contributed by atoms with Gasteiger partial charge in [0.15, 0.2) is 6.29 Å². The summed E-state index contributed by atoms with van der Waals surface area (Å²) in [5, 5.41) is 0. The van der Waals surface area contributed by atoms with Gasteiger partial charge in [0.2, 0.25) is 0 Å². The molecule has 0 amide bonds. The quantitative estimate of drug-likeness (QED) is 0.626. The molecule has 0 radical (unpaired) electrons. The van der Waals surface area contributed by atoms with Crippen molar-refractivity contribution in [3.8, 4) is 0 Å². The van der Waals surface area contributed by atoms with Crippen LogP contribution in [0.4, 0.5) is 0 Å². The normalized spacial score (nSPS) is 21.1. The minimum Gasteiger partial charge on any atom is -0.352 e. The van der Waals surface area contributed by atoms with Crippen LogP contribution in [0.1, 0.15) is 32.6 Å². The predicted octanol–water partition coefficient (Wildman–Crippen LogP) is 3.30. The van der Waals surface area contributed by atoms with Crippen LogP contribution in [-0.2, 0) is 9.47 Å². The molecule has 0 aromatic heterocycles. The van der Waals surface area contributed by atoms with Gasteiger partial charge in [-0.25, -0.2) is 0 Å². The van der Waals surface area contributed by atoms with Gasteiger partial charge in [0, 0.05) is 5.41 Å². The van der Waals surface area contributed by atoms with Crippen molar-refractivity contribution < 1.29 is 9.47 Å². The molecule has 0 saturated carbocycles. The fourth-order valence-electron chi connectivity index (χ4n) is 1.96. The Morgan fingerprint density at radius 2 is 1.73 bits per heavy atom. The maximum absolute atomic E-state index is 5.72. The summed E-state index contributed by atoms with van der Waals surface area (Å²) in [4.78, 5) is 0. The largest absolute Gasteiger partial charge is 0.352 e. The lowest BCUT2D eigenvalue weighted by molar-refractivity contribution is -0.230. The molecule has 0 bridgehead atoms. The van der Waals surface area contributed by atoms with E-state index in [-0.39, 0.29) is 11.7 Å². The lowest BCUT2D eigenvalue weighted by Gasteiger charge is -2.39. The summed E-state index contributed by atoms with van der Waals surface area (Å²) in [7, 11) is 0. The van der Waals surface area contributed by atoms with Crippen LogP contribution in [0.25, 0.3) is 0 Å². The van der Waals surface area contributed by atoms with Gasteiger partial charge in [0.05, 0.1) is 13.2 Å². The van der Waals surface area contributed by atoms with Crippen LogP contribution in [0.5, 0.6) is 0 Å². The lowest BCUT2D eigenvalue weighted by Crippen LogP contribution is -2.41. The highest BCUT2D eigenvalue weighted by Gasteiger charge is 2.34. The van der Waals surface area contributed by atoms with E-state index >= 15 is 0 Å². The maximum Gasteiger partial charge on any atom is 0.157 e. The highest BCUT2D eigenvalue weighted by molar-refractivity contribution is 4.93. The van der Waals surface area contributed by atoms with E-state index in [1.54, 1.807) is 0 Å². The minimum absolute atomic E-state index is 0.00208. The highest BCUT2D eigenvalue weighted by Crippen LogP contribution is 2.33. The average Bonchev–Trinajstić information content (AvgIpc) is 2.23. The zero-order chi connectivity index (χ0) is 11.1. The number of hydrogen-bond donors (Lipinski definition) is 0. The molecular weight excluding hydrogens is 188 g/mol. The van der Waals surface area contributed by atoms with Crippen molar-refractivity contribution in [2.45, 2.75) is 38.9 Å². The molecule has 0 N–H and O–H groups in total. The molecule has 2 heteroatoms. The first-order chi connectivity index (χ1) is 7.26. The van der Waals surface area contributed by atoms with E-state index in [1.165, 1.54) is 0 Å². The topological polar surface area (TPSA) is 18.5 Å². The molecule has 1 fully saturated rings. The van der Waals surface area contributed by atoms with Crippen molar-refractivity contribution in [1.82, 2.24) is 0 Å². The van der Waals surface area contributed by atoms with Crippen LogP contribution in [0.15, 0.2) is 25.3 Å². The number of ether oxygens (including phenoxy) is 2. The average molecular weight is 210 g/mol. The van der Waals surface area contributed by atoms with Gasteiger partial charge in [-0.2, -0.15) is 0 Å². The van der Waals surface area contributed by atoms with Crippen molar-refractivity contribution in [2.24, 2.45) is 5.41 Å². The third kappa shape index (κ3) is 3.47. The Bertz CT molecular complexity index is 191. The maximum atomic E-state index is 5.72. The van der Waals surface area contributed by atoms with Gasteiger partial charge in [0.1, 0.15) is 0 Å². The Balaban J connectivity index is 2.48. The van der Waals surface area contributed by atoms with Gasteiger partial charge in [-0.05, 0) is 19.3 Å². The molecule has 0 spiro atoms. The second-order valence-electron chi connectivity index (χ2n) is 4.33. The molecule has 1 heterocycles. The predicted molar refractivity (Wildman–Crippen MR) is 62.7 cm³/mol. The fourth-order valence-corrected chi connectivity index (χ4v) is 1.96. The van der Waals surface area contributed by atoms with Gasteiger partial charge in [-0.15, -0.1) is 13.2 Å². The van der Waals surface area contributed by atoms with Gasteiger partial charge in [-0.1, -0.05) is 25.5 Å². The van der Waals surface area contributed by atoms with Gasteiger partial charge in [-0.3, -0.25) is 0 Å². The Labute approximate surface area is 93.0 Å². The number of rotatable bonds is 6. The lowest BCUT2D eigenvalue weighted by atomic mass is 9.82. The second kappa shape index (κ2) is 6.09. The summed E-state index contributed by atoms with van der Waals surface area (Å²) in [5.74, 6) is 0. The summed E-state index contributed by atoms with van der Waals surface area (Å²) in [6.07, 6.45) is 7.82. The molecule has 1 aliphatic heterocycles. The third-order valence-corrected chi connectivity index (χ3v) is 2.83. The molecule has 2 nitrogen and oxygen atoms in total. The van der Waals surface area contributed by atoms with E-state index in [0.29, 0.717) is 0 Å². The van der Waals surface area contributed by atoms with Crippen LogP contribution >= 0.6 is 0 Å². The van der Waals surface area contributed by atoms with E-state index < -0.39 is 0 Å². The Morgan fingerprint density at radius 3 is 2.13 bits per heavy atom. The standard InChI is InChI=1S/C13H22O2/c1-4-7-12-14-10-13(8-5-2,9-6-3)11-15-12/h5-6,12H,2-4,7-11H2,1H3. The van der Waals surface area contributed by atoms with Crippen LogP contribution in [0.3, 0.4) is 0 Å².